The quantitative estimate of drug-likeness (QED) is 0.519. The molecule has 3 aliphatic rings. The molecule has 3 saturated heterocycles. The van der Waals surface area contributed by atoms with Gasteiger partial charge in [0.1, 0.15) is 18.2 Å². The topological polar surface area (TPSA) is 46.1 Å². The van der Waals surface area contributed by atoms with E-state index in [-0.39, 0.29) is 5.82 Å². The lowest BCUT2D eigenvalue weighted by Gasteiger charge is -2.23. The van der Waals surface area contributed by atoms with Gasteiger partial charge in [-0.25, -0.2) is 4.39 Å². The highest BCUT2D eigenvalue weighted by Crippen LogP contribution is 2.47. The zero-order valence-electron chi connectivity index (χ0n) is 14.0. The van der Waals surface area contributed by atoms with Crippen molar-refractivity contribution >= 4 is 5.96 Å². The largest absolute Gasteiger partial charge is 0.492 e. The standard InChI is InChI=1S/C18H24FN3O2/c1-20-18(21-7-8-23-13-4-2-3-12(19)9-13)22-10-14-15(11-22)17-6-5-16(14)24-17/h2-4,9,14-17H,5-8,10-11H2,1H3,(H,20,21). The number of halogens is 1. The number of rotatable bonds is 4. The first-order valence-electron chi connectivity index (χ1n) is 8.74. The molecule has 3 heterocycles. The van der Waals surface area contributed by atoms with E-state index in [0.29, 0.717) is 42.9 Å². The van der Waals surface area contributed by atoms with Crippen LogP contribution in [0.4, 0.5) is 4.39 Å². The molecule has 0 radical (unpaired) electrons. The van der Waals surface area contributed by atoms with Crippen molar-refractivity contribution in [3.63, 3.8) is 0 Å². The summed E-state index contributed by atoms with van der Waals surface area (Å²) in [6.45, 7) is 3.16. The summed E-state index contributed by atoms with van der Waals surface area (Å²) in [4.78, 5) is 6.74. The number of likely N-dealkylation sites (tertiary alicyclic amines) is 1. The van der Waals surface area contributed by atoms with Crippen molar-refractivity contribution in [3.8, 4) is 5.75 Å². The third-order valence-corrected chi connectivity index (χ3v) is 5.41. The minimum atomic E-state index is -0.281. The molecule has 3 fully saturated rings. The lowest BCUT2D eigenvalue weighted by atomic mass is 9.82. The number of ether oxygens (including phenoxy) is 2. The van der Waals surface area contributed by atoms with Crippen molar-refractivity contribution in [3.05, 3.63) is 30.1 Å². The Balaban J connectivity index is 1.25. The summed E-state index contributed by atoms with van der Waals surface area (Å²) in [5, 5.41) is 3.35. The average molecular weight is 333 g/mol. The van der Waals surface area contributed by atoms with Gasteiger partial charge in [-0.2, -0.15) is 0 Å². The van der Waals surface area contributed by atoms with Gasteiger partial charge in [0.25, 0.3) is 0 Å². The second kappa shape index (κ2) is 6.59. The van der Waals surface area contributed by atoms with Gasteiger partial charge in [-0.05, 0) is 25.0 Å². The normalized spacial score (nSPS) is 31.4. The molecule has 130 valence electrons. The zero-order chi connectivity index (χ0) is 16.5. The van der Waals surface area contributed by atoms with Crippen molar-refractivity contribution in [2.24, 2.45) is 16.8 Å². The monoisotopic (exact) mass is 333 g/mol. The SMILES string of the molecule is CN=C(NCCOc1cccc(F)c1)N1CC2C3CCC(O3)C2C1. The number of guanidine groups is 1. The first kappa shape index (κ1) is 15.7. The van der Waals surface area contributed by atoms with Crippen LogP contribution in [0.15, 0.2) is 29.3 Å². The van der Waals surface area contributed by atoms with E-state index in [4.69, 9.17) is 9.47 Å². The van der Waals surface area contributed by atoms with Gasteiger partial charge in [0.15, 0.2) is 5.96 Å². The van der Waals surface area contributed by atoms with Gasteiger partial charge in [0.2, 0.25) is 0 Å². The minimum Gasteiger partial charge on any atom is -0.492 e. The van der Waals surface area contributed by atoms with E-state index in [1.807, 2.05) is 7.05 Å². The van der Waals surface area contributed by atoms with Crippen molar-refractivity contribution in [1.29, 1.82) is 0 Å². The molecule has 4 atom stereocenters. The Bertz CT molecular complexity index is 606. The zero-order valence-corrected chi connectivity index (χ0v) is 14.0. The van der Waals surface area contributed by atoms with Crippen LogP contribution >= 0.6 is 0 Å². The van der Waals surface area contributed by atoms with E-state index in [9.17, 15) is 4.39 Å². The lowest BCUT2D eigenvalue weighted by Crippen LogP contribution is -2.42. The van der Waals surface area contributed by atoms with Gasteiger partial charge in [-0.15, -0.1) is 0 Å². The minimum absolute atomic E-state index is 0.281. The molecule has 0 amide bonds. The Hall–Kier alpha value is -1.82. The number of nitrogens with one attached hydrogen (secondary N) is 1. The predicted molar refractivity (Wildman–Crippen MR) is 89.7 cm³/mol. The maximum atomic E-state index is 13.1. The highest BCUT2D eigenvalue weighted by atomic mass is 19.1. The number of fused-ring (bicyclic) bond motifs is 5. The number of aliphatic imine (C=N–C) groups is 1. The Labute approximate surface area is 141 Å². The summed E-state index contributed by atoms with van der Waals surface area (Å²) in [5.41, 5.74) is 0. The second-order valence-corrected chi connectivity index (χ2v) is 6.80. The van der Waals surface area contributed by atoms with Gasteiger partial charge in [-0.1, -0.05) is 6.07 Å². The van der Waals surface area contributed by atoms with Crippen LogP contribution in [-0.2, 0) is 4.74 Å². The van der Waals surface area contributed by atoms with Crippen LogP contribution in [0.1, 0.15) is 12.8 Å². The Morgan fingerprint density at radius 2 is 2.08 bits per heavy atom. The third kappa shape index (κ3) is 2.95. The van der Waals surface area contributed by atoms with E-state index in [1.165, 1.54) is 25.0 Å². The van der Waals surface area contributed by atoms with Crippen LogP contribution < -0.4 is 10.1 Å². The molecule has 1 aromatic carbocycles. The third-order valence-electron chi connectivity index (χ3n) is 5.41. The fourth-order valence-corrected chi connectivity index (χ4v) is 4.35. The van der Waals surface area contributed by atoms with Crippen LogP contribution in [0.5, 0.6) is 5.75 Å². The molecule has 24 heavy (non-hydrogen) atoms. The molecule has 0 spiro atoms. The summed E-state index contributed by atoms with van der Waals surface area (Å²) in [5.74, 6) is 2.51. The summed E-state index contributed by atoms with van der Waals surface area (Å²) in [6, 6.07) is 6.21. The number of hydrogen-bond acceptors (Lipinski definition) is 3. The summed E-state index contributed by atoms with van der Waals surface area (Å²) >= 11 is 0. The van der Waals surface area contributed by atoms with Crippen LogP contribution in [0.3, 0.4) is 0 Å². The molecule has 0 aliphatic carbocycles. The molecule has 2 bridgehead atoms. The van der Waals surface area contributed by atoms with Crippen molar-refractivity contribution in [2.75, 3.05) is 33.3 Å². The smallest absolute Gasteiger partial charge is 0.193 e. The average Bonchev–Trinajstić information content (AvgIpc) is 3.28. The number of benzene rings is 1. The molecular weight excluding hydrogens is 309 g/mol. The number of hydrogen-bond donors (Lipinski definition) is 1. The van der Waals surface area contributed by atoms with Gasteiger partial charge in [0, 0.05) is 38.0 Å². The fraction of sp³-hybridized carbons (Fsp3) is 0.611. The van der Waals surface area contributed by atoms with Gasteiger partial charge >= 0.3 is 0 Å². The van der Waals surface area contributed by atoms with Crippen LogP contribution in [0, 0.1) is 17.7 Å². The summed E-state index contributed by atoms with van der Waals surface area (Å²) in [6.07, 6.45) is 3.35. The van der Waals surface area contributed by atoms with Crippen LogP contribution in [0.2, 0.25) is 0 Å². The molecule has 1 aromatic rings. The van der Waals surface area contributed by atoms with Crippen molar-refractivity contribution < 1.29 is 13.9 Å². The van der Waals surface area contributed by atoms with E-state index >= 15 is 0 Å². The Kier molecular flexibility index (Phi) is 4.31. The Morgan fingerprint density at radius 3 is 2.75 bits per heavy atom. The highest BCUT2D eigenvalue weighted by molar-refractivity contribution is 5.80. The fourth-order valence-electron chi connectivity index (χ4n) is 4.35. The molecule has 4 rings (SSSR count). The van der Waals surface area contributed by atoms with Crippen LogP contribution in [-0.4, -0.2) is 56.4 Å². The first-order chi connectivity index (χ1) is 11.7. The van der Waals surface area contributed by atoms with E-state index in [1.54, 1.807) is 12.1 Å². The predicted octanol–water partition coefficient (Wildman–Crippen LogP) is 1.89. The maximum Gasteiger partial charge on any atom is 0.193 e. The molecule has 0 aromatic heterocycles. The molecule has 1 N–H and O–H groups in total. The van der Waals surface area contributed by atoms with Crippen molar-refractivity contribution in [1.82, 2.24) is 10.2 Å². The van der Waals surface area contributed by atoms with Gasteiger partial charge in [-0.3, -0.25) is 4.99 Å². The maximum absolute atomic E-state index is 13.1. The number of nitrogens with zero attached hydrogens (tertiary/aromatic N) is 2. The van der Waals surface area contributed by atoms with E-state index < -0.39 is 0 Å². The summed E-state index contributed by atoms with van der Waals surface area (Å²) < 4.78 is 24.7. The highest BCUT2D eigenvalue weighted by Gasteiger charge is 2.53. The molecule has 3 aliphatic heterocycles. The molecule has 6 heteroatoms. The van der Waals surface area contributed by atoms with E-state index in [0.717, 1.165) is 19.0 Å². The molecular formula is C18H24FN3O2. The molecule has 4 unspecified atom stereocenters. The van der Waals surface area contributed by atoms with E-state index in [2.05, 4.69) is 15.2 Å². The van der Waals surface area contributed by atoms with Gasteiger partial charge < -0.3 is 19.7 Å². The van der Waals surface area contributed by atoms with Gasteiger partial charge in [0.05, 0.1) is 18.8 Å². The Morgan fingerprint density at radius 1 is 1.33 bits per heavy atom. The van der Waals surface area contributed by atoms with Crippen molar-refractivity contribution in [2.45, 2.75) is 25.0 Å². The molecule has 0 saturated carbocycles. The molecule has 5 nitrogen and oxygen atoms in total. The lowest BCUT2D eigenvalue weighted by molar-refractivity contribution is 0.0767. The first-order valence-corrected chi connectivity index (χ1v) is 8.74. The summed E-state index contributed by atoms with van der Waals surface area (Å²) in [7, 11) is 1.81. The second-order valence-electron chi connectivity index (χ2n) is 6.80. The van der Waals surface area contributed by atoms with Crippen LogP contribution in [0.25, 0.3) is 0 Å².